The average molecular weight is 164 g/mol. The lowest BCUT2D eigenvalue weighted by molar-refractivity contribution is 0.437. The standard InChI is InChI=1S/C8H12N4/c1-6-4-12(5-6)8-9-3-7(2)10-11-8/h3,6H,4-5H2,1-2H3. The number of aryl methyl sites for hydroxylation is 1. The van der Waals surface area contributed by atoms with Crippen molar-refractivity contribution in [3.8, 4) is 0 Å². The van der Waals surface area contributed by atoms with Gasteiger partial charge in [0, 0.05) is 13.1 Å². The number of hydrogen-bond donors (Lipinski definition) is 0. The van der Waals surface area contributed by atoms with Gasteiger partial charge in [0.1, 0.15) is 0 Å². The van der Waals surface area contributed by atoms with Crippen LogP contribution < -0.4 is 4.90 Å². The Kier molecular flexibility index (Phi) is 1.67. The molecule has 0 bridgehead atoms. The maximum Gasteiger partial charge on any atom is 0.245 e. The molecule has 0 spiro atoms. The summed E-state index contributed by atoms with van der Waals surface area (Å²) in [5, 5.41) is 7.95. The Bertz CT molecular complexity index is 263. The molecule has 4 nitrogen and oxygen atoms in total. The van der Waals surface area contributed by atoms with Crippen LogP contribution in [-0.2, 0) is 0 Å². The summed E-state index contributed by atoms with van der Waals surface area (Å²) in [6, 6.07) is 0. The summed E-state index contributed by atoms with van der Waals surface area (Å²) < 4.78 is 0. The fourth-order valence-electron chi connectivity index (χ4n) is 1.33. The van der Waals surface area contributed by atoms with Gasteiger partial charge in [-0.3, -0.25) is 0 Å². The zero-order valence-electron chi connectivity index (χ0n) is 7.36. The molecule has 1 aromatic rings. The summed E-state index contributed by atoms with van der Waals surface area (Å²) in [5.74, 6) is 1.54. The molecule has 1 aliphatic heterocycles. The summed E-state index contributed by atoms with van der Waals surface area (Å²) in [5.41, 5.74) is 0.868. The number of hydrogen-bond acceptors (Lipinski definition) is 4. The van der Waals surface area contributed by atoms with Crippen molar-refractivity contribution < 1.29 is 0 Å². The van der Waals surface area contributed by atoms with E-state index in [-0.39, 0.29) is 0 Å². The Morgan fingerprint density at radius 2 is 2.17 bits per heavy atom. The first kappa shape index (κ1) is 7.46. The molecule has 1 fully saturated rings. The summed E-state index contributed by atoms with van der Waals surface area (Å²) in [6.07, 6.45) is 1.76. The van der Waals surface area contributed by atoms with Gasteiger partial charge in [0.25, 0.3) is 0 Å². The van der Waals surface area contributed by atoms with Gasteiger partial charge < -0.3 is 4.90 Å². The zero-order valence-corrected chi connectivity index (χ0v) is 7.36. The van der Waals surface area contributed by atoms with Crippen molar-refractivity contribution in [1.82, 2.24) is 15.2 Å². The normalized spacial score (nSPS) is 17.7. The van der Waals surface area contributed by atoms with Crippen LogP contribution in [0.2, 0.25) is 0 Å². The van der Waals surface area contributed by atoms with Crippen molar-refractivity contribution in [2.75, 3.05) is 18.0 Å². The minimum Gasteiger partial charge on any atom is -0.339 e. The van der Waals surface area contributed by atoms with Crippen LogP contribution in [0.1, 0.15) is 12.6 Å². The van der Waals surface area contributed by atoms with E-state index in [2.05, 4.69) is 27.0 Å². The van der Waals surface area contributed by atoms with Gasteiger partial charge in [-0.2, -0.15) is 5.10 Å². The first-order valence-corrected chi connectivity index (χ1v) is 4.17. The van der Waals surface area contributed by atoms with Crippen LogP contribution in [0, 0.1) is 12.8 Å². The lowest BCUT2D eigenvalue weighted by Gasteiger charge is -2.36. The van der Waals surface area contributed by atoms with Gasteiger partial charge in [-0.25, -0.2) is 4.98 Å². The lowest BCUT2D eigenvalue weighted by Crippen LogP contribution is -2.46. The SMILES string of the molecule is Cc1cnc(N2CC(C)C2)nn1. The number of aromatic nitrogens is 3. The van der Waals surface area contributed by atoms with E-state index < -0.39 is 0 Å². The van der Waals surface area contributed by atoms with Crippen LogP contribution in [-0.4, -0.2) is 28.3 Å². The van der Waals surface area contributed by atoms with E-state index in [4.69, 9.17) is 0 Å². The highest BCUT2D eigenvalue weighted by atomic mass is 15.3. The number of nitrogens with zero attached hydrogens (tertiary/aromatic N) is 4. The number of anilines is 1. The van der Waals surface area contributed by atoms with Crippen LogP contribution in [0.25, 0.3) is 0 Å². The van der Waals surface area contributed by atoms with E-state index in [0.717, 1.165) is 30.6 Å². The fraction of sp³-hybridized carbons (Fsp3) is 0.625. The third-order valence-corrected chi connectivity index (χ3v) is 2.01. The second kappa shape index (κ2) is 2.69. The summed E-state index contributed by atoms with van der Waals surface area (Å²) in [7, 11) is 0. The minimum atomic E-state index is 0.763. The van der Waals surface area contributed by atoms with Crippen LogP contribution >= 0.6 is 0 Å². The highest BCUT2D eigenvalue weighted by Gasteiger charge is 2.24. The van der Waals surface area contributed by atoms with Crippen LogP contribution in [0.15, 0.2) is 6.20 Å². The molecular weight excluding hydrogens is 152 g/mol. The summed E-state index contributed by atoms with van der Waals surface area (Å²) in [6.45, 7) is 6.23. The molecule has 0 unspecified atom stereocenters. The van der Waals surface area contributed by atoms with Crippen LogP contribution in [0.4, 0.5) is 5.95 Å². The summed E-state index contributed by atoms with van der Waals surface area (Å²) in [4.78, 5) is 6.32. The topological polar surface area (TPSA) is 41.9 Å². The molecule has 0 N–H and O–H groups in total. The van der Waals surface area contributed by atoms with Gasteiger partial charge in [0.2, 0.25) is 5.95 Å². The van der Waals surface area contributed by atoms with Gasteiger partial charge in [0.05, 0.1) is 11.9 Å². The molecule has 2 heterocycles. The smallest absolute Gasteiger partial charge is 0.245 e. The van der Waals surface area contributed by atoms with Crippen molar-refractivity contribution in [3.63, 3.8) is 0 Å². The monoisotopic (exact) mass is 164 g/mol. The predicted molar refractivity (Wildman–Crippen MR) is 45.9 cm³/mol. The molecule has 0 atom stereocenters. The molecule has 0 saturated carbocycles. The third kappa shape index (κ3) is 1.24. The molecule has 0 radical (unpaired) electrons. The van der Waals surface area contributed by atoms with E-state index in [9.17, 15) is 0 Å². The average Bonchev–Trinajstić information content (AvgIpc) is 2.01. The van der Waals surface area contributed by atoms with Crippen molar-refractivity contribution >= 4 is 5.95 Å². The molecule has 1 aliphatic rings. The highest BCUT2D eigenvalue weighted by molar-refractivity contribution is 5.31. The molecule has 0 amide bonds. The van der Waals surface area contributed by atoms with Gasteiger partial charge in [-0.1, -0.05) is 6.92 Å². The van der Waals surface area contributed by atoms with E-state index in [1.165, 1.54) is 0 Å². The van der Waals surface area contributed by atoms with Crippen molar-refractivity contribution in [2.24, 2.45) is 5.92 Å². The minimum absolute atomic E-state index is 0.763. The molecule has 1 aromatic heterocycles. The first-order valence-electron chi connectivity index (χ1n) is 4.17. The Hall–Kier alpha value is -1.19. The third-order valence-electron chi connectivity index (χ3n) is 2.01. The number of rotatable bonds is 1. The van der Waals surface area contributed by atoms with Gasteiger partial charge in [-0.15, -0.1) is 5.10 Å². The molecular formula is C8H12N4. The largest absolute Gasteiger partial charge is 0.339 e. The van der Waals surface area contributed by atoms with Crippen molar-refractivity contribution in [3.05, 3.63) is 11.9 Å². The molecule has 0 aliphatic carbocycles. The molecule has 64 valence electrons. The Morgan fingerprint density at radius 3 is 2.67 bits per heavy atom. The Morgan fingerprint density at radius 1 is 1.42 bits per heavy atom. The quantitative estimate of drug-likeness (QED) is 0.610. The summed E-state index contributed by atoms with van der Waals surface area (Å²) >= 11 is 0. The van der Waals surface area contributed by atoms with Crippen molar-refractivity contribution in [2.45, 2.75) is 13.8 Å². The van der Waals surface area contributed by atoms with Crippen LogP contribution in [0.5, 0.6) is 0 Å². The first-order chi connectivity index (χ1) is 5.75. The second-order valence-electron chi connectivity index (χ2n) is 3.41. The molecule has 2 rings (SSSR count). The molecule has 1 saturated heterocycles. The fourth-order valence-corrected chi connectivity index (χ4v) is 1.33. The molecule has 4 heteroatoms. The Labute approximate surface area is 71.6 Å². The Balaban J connectivity index is 2.09. The van der Waals surface area contributed by atoms with E-state index in [1.807, 2.05) is 6.92 Å². The van der Waals surface area contributed by atoms with Gasteiger partial charge >= 0.3 is 0 Å². The predicted octanol–water partition coefficient (Wildman–Crippen LogP) is 0.636. The van der Waals surface area contributed by atoms with E-state index in [1.54, 1.807) is 6.20 Å². The molecule has 0 aromatic carbocycles. The second-order valence-corrected chi connectivity index (χ2v) is 3.41. The van der Waals surface area contributed by atoms with Gasteiger partial charge in [-0.05, 0) is 12.8 Å². The van der Waals surface area contributed by atoms with E-state index in [0.29, 0.717) is 0 Å². The zero-order chi connectivity index (χ0) is 8.55. The maximum atomic E-state index is 4.19. The van der Waals surface area contributed by atoms with Crippen molar-refractivity contribution in [1.29, 1.82) is 0 Å². The maximum absolute atomic E-state index is 4.19. The van der Waals surface area contributed by atoms with E-state index >= 15 is 0 Å². The highest BCUT2D eigenvalue weighted by Crippen LogP contribution is 2.18. The molecule has 12 heavy (non-hydrogen) atoms. The lowest BCUT2D eigenvalue weighted by atomic mass is 10.0. The van der Waals surface area contributed by atoms with Gasteiger partial charge in [0.15, 0.2) is 0 Å². The van der Waals surface area contributed by atoms with Crippen LogP contribution in [0.3, 0.4) is 0 Å².